The van der Waals surface area contributed by atoms with Gasteiger partial charge >= 0.3 is 0 Å². The molecule has 0 spiro atoms. The van der Waals surface area contributed by atoms with Gasteiger partial charge in [-0.15, -0.1) is 0 Å². The fourth-order valence-electron chi connectivity index (χ4n) is 4.95. The van der Waals surface area contributed by atoms with Gasteiger partial charge in [-0.05, 0) is 83.2 Å². The van der Waals surface area contributed by atoms with Crippen molar-refractivity contribution in [3.05, 3.63) is 60.2 Å². The number of carbonyl (C=O) groups is 1. The highest BCUT2D eigenvalue weighted by atomic mass is 28.4. The molecule has 0 saturated heterocycles. The Morgan fingerprint density at radius 1 is 0.806 bits per heavy atom. The lowest BCUT2D eigenvalue weighted by atomic mass is 9.90. The smallest absolute Gasteiger partial charge is 0.186 e. The molecule has 0 fully saturated rings. The monoisotopic (exact) mass is 430 g/mol. The first-order valence-corrected chi connectivity index (χ1v) is 14.9. The summed E-state index contributed by atoms with van der Waals surface area (Å²) in [6, 6.07) is 21.1. The Morgan fingerprint density at radius 3 is 2.19 bits per heavy atom. The van der Waals surface area contributed by atoms with Crippen molar-refractivity contribution in [3.63, 3.8) is 0 Å². The van der Waals surface area contributed by atoms with E-state index in [0.717, 1.165) is 44.8 Å². The van der Waals surface area contributed by atoms with Crippen LogP contribution >= 0.6 is 0 Å². The standard InChI is InChI=1S/C28H34O2Si/c1-4-30-31(2,3)20-6-5-12-25(29)13-8-9-21-14-15-24-17-16-22-10-7-11-23-18-19-26(21)28(24)27(22)23/h7,10-11,14-19H,4-6,8-9,12-13,20H2,1-3H3. The Hall–Kier alpha value is -2.23. The summed E-state index contributed by atoms with van der Waals surface area (Å²) < 4.78 is 5.88. The van der Waals surface area contributed by atoms with Crippen LogP contribution in [0.4, 0.5) is 0 Å². The van der Waals surface area contributed by atoms with Crippen LogP contribution in [-0.4, -0.2) is 20.7 Å². The molecular weight excluding hydrogens is 396 g/mol. The first-order chi connectivity index (χ1) is 15.0. The number of ketones is 1. The predicted octanol–water partition coefficient (Wildman–Crippen LogP) is 7.89. The molecule has 0 atom stereocenters. The van der Waals surface area contributed by atoms with E-state index in [9.17, 15) is 4.79 Å². The van der Waals surface area contributed by atoms with E-state index >= 15 is 0 Å². The molecule has 0 N–H and O–H groups in total. The Morgan fingerprint density at radius 2 is 1.45 bits per heavy atom. The van der Waals surface area contributed by atoms with Crippen LogP contribution in [0.5, 0.6) is 0 Å². The molecule has 0 aromatic heterocycles. The number of unbranched alkanes of at least 4 members (excludes halogenated alkanes) is 1. The zero-order chi connectivity index (χ0) is 21.8. The number of Topliss-reactive ketones (excluding diaryl/α,β-unsaturated/α-hetero) is 1. The minimum Gasteiger partial charge on any atom is -0.418 e. The Balaban J connectivity index is 1.36. The van der Waals surface area contributed by atoms with Crippen LogP contribution in [-0.2, 0) is 15.6 Å². The summed E-state index contributed by atoms with van der Waals surface area (Å²) in [5.41, 5.74) is 1.36. The van der Waals surface area contributed by atoms with Crippen LogP contribution in [0.3, 0.4) is 0 Å². The average molecular weight is 431 g/mol. The molecule has 4 rings (SSSR count). The summed E-state index contributed by atoms with van der Waals surface area (Å²) in [7, 11) is -1.51. The molecule has 4 aromatic carbocycles. The molecule has 0 unspecified atom stereocenters. The van der Waals surface area contributed by atoms with Crippen molar-refractivity contribution in [1.29, 1.82) is 0 Å². The van der Waals surface area contributed by atoms with E-state index in [-0.39, 0.29) is 0 Å². The van der Waals surface area contributed by atoms with Gasteiger partial charge in [0.05, 0.1) is 0 Å². The summed E-state index contributed by atoms with van der Waals surface area (Å²) in [5.74, 6) is 0.411. The van der Waals surface area contributed by atoms with Crippen LogP contribution in [0.2, 0.25) is 19.1 Å². The second-order valence-corrected chi connectivity index (χ2v) is 13.7. The summed E-state index contributed by atoms with van der Waals surface area (Å²) in [4.78, 5) is 12.4. The van der Waals surface area contributed by atoms with Crippen molar-refractivity contribution >= 4 is 46.4 Å². The van der Waals surface area contributed by atoms with Gasteiger partial charge < -0.3 is 4.43 Å². The molecular formula is C28H34O2Si. The number of rotatable bonds is 11. The molecule has 0 saturated carbocycles. The van der Waals surface area contributed by atoms with Crippen LogP contribution in [0.15, 0.2) is 54.6 Å². The largest absolute Gasteiger partial charge is 0.418 e. The van der Waals surface area contributed by atoms with E-state index in [1.165, 1.54) is 37.9 Å². The predicted molar refractivity (Wildman–Crippen MR) is 136 cm³/mol. The number of carbonyl (C=O) groups excluding carboxylic acids is 1. The zero-order valence-corrected chi connectivity index (χ0v) is 20.2. The lowest BCUT2D eigenvalue weighted by molar-refractivity contribution is -0.119. The van der Waals surface area contributed by atoms with Gasteiger partial charge in [-0.3, -0.25) is 4.79 Å². The van der Waals surface area contributed by atoms with Gasteiger partial charge in [0, 0.05) is 19.4 Å². The van der Waals surface area contributed by atoms with Gasteiger partial charge in [-0.1, -0.05) is 61.0 Å². The fourth-order valence-corrected chi connectivity index (χ4v) is 6.98. The Bertz CT molecular complexity index is 1160. The summed E-state index contributed by atoms with van der Waals surface area (Å²) in [6.45, 7) is 7.42. The van der Waals surface area contributed by atoms with E-state index < -0.39 is 8.32 Å². The van der Waals surface area contributed by atoms with E-state index in [0.29, 0.717) is 12.2 Å². The van der Waals surface area contributed by atoms with Gasteiger partial charge in [0.15, 0.2) is 8.32 Å². The van der Waals surface area contributed by atoms with Crippen molar-refractivity contribution in [2.45, 2.75) is 64.6 Å². The van der Waals surface area contributed by atoms with Crippen molar-refractivity contribution in [2.75, 3.05) is 6.61 Å². The van der Waals surface area contributed by atoms with Crippen LogP contribution in [0.25, 0.3) is 32.3 Å². The quantitative estimate of drug-likeness (QED) is 0.137. The lowest BCUT2D eigenvalue weighted by Gasteiger charge is -2.21. The second-order valence-electron chi connectivity index (χ2n) is 9.37. The first-order valence-electron chi connectivity index (χ1n) is 11.8. The number of hydrogen-bond donors (Lipinski definition) is 0. The van der Waals surface area contributed by atoms with Gasteiger partial charge in [-0.25, -0.2) is 0 Å². The van der Waals surface area contributed by atoms with E-state index in [4.69, 9.17) is 4.43 Å². The third-order valence-electron chi connectivity index (χ3n) is 6.54. The first kappa shape index (κ1) is 22.0. The molecule has 0 radical (unpaired) electrons. The molecule has 0 amide bonds. The zero-order valence-electron chi connectivity index (χ0n) is 19.2. The molecule has 4 aromatic rings. The maximum absolute atomic E-state index is 12.4. The lowest BCUT2D eigenvalue weighted by Crippen LogP contribution is -2.29. The number of hydrogen-bond acceptors (Lipinski definition) is 2. The maximum atomic E-state index is 12.4. The van der Waals surface area contributed by atoms with E-state index in [1.807, 2.05) is 0 Å². The third kappa shape index (κ3) is 4.99. The highest BCUT2D eigenvalue weighted by Gasteiger charge is 2.20. The number of benzene rings is 4. The molecule has 0 aliphatic heterocycles. The molecule has 0 heterocycles. The molecule has 3 heteroatoms. The van der Waals surface area contributed by atoms with Crippen LogP contribution in [0.1, 0.15) is 44.6 Å². The maximum Gasteiger partial charge on any atom is 0.186 e. The summed E-state index contributed by atoms with van der Waals surface area (Å²) in [6.07, 6.45) is 5.41. The minimum absolute atomic E-state index is 0.411. The molecule has 0 aliphatic rings. The molecule has 0 aliphatic carbocycles. The second kappa shape index (κ2) is 9.50. The molecule has 162 valence electrons. The normalized spacial score (nSPS) is 12.4. The average Bonchev–Trinajstić information content (AvgIpc) is 2.76. The van der Waals surface area contributed by atoms with Crippen LogP contribution in [0, 0.1) is 0 Å². The highest BCUT2D eigenvalue weighted by molar-refractivity contribution is 6.71. The topological polar surface area (TPSA) is 26.3 Å². The van der Waals surface area contributed by atoms with Gasteiger partial charge in [0.25, 0.3) is 0 Å². The van der Waals surface area contributed by atoms with E-state index in [2.05, 4.69) is 74.6 Å². The van der Waals surface area contributed by atoms with Crippen molar-refractivity contribution in [2.24, 2.45) is 0 Å². The van der Waals surface area contributed by atoms with Gasteiger partial charge in [0.1, 0.15) is 5.78 Å². The Labute approximate surface area is 187 Å². The third-order valence-corrected chi connectivity index (χ3v) is 9.17. The fraction of sp³-hybridized carbons (Fsp3) is 0.393. The molecule has 2 nitrogen and oxygen atoms in total. The summed E-state index contributed by atoms with van der Waals surface area (Å²) >= 11 is 0. The number of aryl methyl sites for hydroxylation is 1. The SMILES string of the molecule is CCO[Si](C)(C)CCCCC(=O)CCCc1ccc2ccc3cccc4ccc1c2c34. The van der Waals surface area contributed by atoms with Crippen molar-refractivity contribution < 1.29 is 9.22 Å². The Kier molecular flexibility index (Phi) is 6.73. The van der Waals surface area contributed by atoms with Gasteiger partial charge in [0.2, 0.25) is 0 Å². The molecule has 31 heavy (non-hydrogen) atoms. The van der Waals surface area contributed by atoms with Crippen molar-refractivity contribution in [1.82, 2.24) is 0 Å². The van der Waals surface area contributed by atoms with Gasteiger partial charge in [-0.2, -0.15) is 0 Å². The van der Waals surface area contributed by atoms with Crippen LogP contribution < -0.4 is 0 Å². The van der Waals surface area contributed by atoms with Crippen molar-refractivity contribution in [3.8, 4) is 0 Å². The molecule has 0 bridgehead atoms. The summed E-state index contributed by atoms with van der Waals surface area (Å²) in [5, 5.41) is 8.00. The van der Waals surface area contributed by atoms with E-state index in [1.54, 1.807) is 0 Å². The minimum atomic E-state index is -1.51. The highest BCUT2D eigenvalue weighted by Crippen LogP contribution is 2.36.